The number of benzene rings is 3. The summed E-state index contributed by atoms with van der Waals surface area (Å²) in [6, 6.07) is 20.3. The van der Waals surface area contributed by atoms with Gasteiger partial charge in [-0.1, -0.05) is 48.5 Å². The van der Waals surface area contributed by atoms with E-state index in [9.17, 15) is 39.0 Å². The summed E-state index contributed by atoms with van der Waals surface area (Å²) in [5, 5.41) is 26.6. The Kier molecular flexibility index (Phi) is 10.9. The zero-order chi connectivity index (χ0) is 30.6. The molecule has 0 spiro atoms. The van der Waals surface area contributed by atoms with Crippen molar-refractivity contribution in [1.82, 2.24) is 5.32 Å². The maximum absolute atomic E-state index is 12.7. The van der Waals surface area contributed by atoms with Crippen molar-refractivity contribution in [3.05, 3.63) is 90.0 Å². The summed E-state index contributed by atoms with van der Waals surface area (Å²) in [7, 11) is 0. The molecule has 3 aromatic carbocycles. The normalized spacial score (nSPS) is 11.1. The number of imide groups is 1. The third-order valence-electron chi connectivity index (χ3n) is 6.17. The lowest BCUT2D eigenvalue weighted by atomic mass is 9.94. The van der Waals surface area contributed by atoms with E-state index in [0.717, 1.165) is 5.56 Å². The number of aryl methyl sites for hydroxylation is 1. The number of hydrogen-bond acceptors (Lipinski definition) is 6. The maximum Gasteiger partial charge on any atom is 0.418 e. The largest absolute Gasteiger partial charge is 0.481 e. The number of aliphatic carboxylic acids is 1. The van der Waals surface area contributed by atoms with Gasteiger partial charge in [-0.15, -0.1) is 0 Å². The van der Waals surface area contributed by atoms with E-state index in [2.05, 4.69) is 16.0 Å². The molecule has 0 heterocycles. The quantitative estimate of drug-likeness (QED) is 0.196. The minimum Gasteiger partial charge on any atom is -0.481 e. The minimum absolute atomic E-state index is 0.0147. The number of para-hydroxylation sites is 1. The van der Waals surface area contributed by atoms with E-state index < -0.39 is 54.5 Å². The SMILES string of the molecule is Cc1ccccc1NC(=O)Nc1ccc(N(C(=O)O)C(=O)CCNC(=O)C(CC(=O)O)CC(=O)c2ccccc2)cc1. The topological polar surface area (TPSA) is 182 Å². The van der Waals surface area contributed by atoms with E-state index >= 15 is 0 Å². The van der Waals surface area contributed by atoms with E-state index in [0.29, 0.717) is 21.8 Å². The van der Waals surface area contributed by atoms with Gasteiger partial charge < -0.3 is 26.2 Å². The van der Waals surface area contributed by atoms with Crippen LogP contribution in [0.4, 0.5) is 26.7 Å². The summed E-state index contributed by atoms with van der Waals surface area (Å²) in [5.41, 5.74) is 2.19. The lowest BCUT2D eigenvalue weighted by molar-refractivity contribution is -0.141. The van der Waals surface area contributed by atoms with Crippen molar-refractivity contribution in [3.8, 4) is 0 Å². The molecule has 0 aliphatic rings. The molecule has 0 saturated heterocycles. The summed E-state index contributed by atoms with van der Waals surface area (Å²) in [6.45, 7) is 1.56. The van der Waals surface area contributed by atoms with Crippen molar-refractivity contribution in [3.63, 3.8) is 0 Å². The molecule has 0 bridgehead atoms. The van der Waals surface area contributed by atoms with Crippen LogP contribution in [0.3, 0.4) is 0 Å². The molecule has 12 heteroatoms. The average Bonchev–Trinajstić information content (AvgIpc) is 2.95. The summed E-state index contributed by atoms with van der Waals surface area (Å²) < 4.78 is 0. The molecule has 0 radical (unpaired) electrons. The second-order valence-electron chi connectivity index (χ2n) is 9.28. The predicted molar refractivity (Wildman–Crippen MR) is 155 cm³/mol. The van der Waals surface area contributed by atoms with Gasteiger partial charge in [-0.2, -0.15) is 0 Å². The number of nitrogens with zero attached hydrogens (tertiary/aromatic N) is 1. The summed E-state index contributed by atoms with van der Waals surface area (Å²) in [4.78, 5) is 73.8. The molecule has 3 rings (SSSR count). The number of carbonyl (C=O) groups excluding carboxylic acids is 4. The number of hydrogen-bond donors (Lipinski definition) is 5. The summed E-state index contributed by atoms with van der Waals surface area (Å²) in [5.74, 6) is -4.44. The Morgan fingerprint density at radius 1 is 0.786 bits per heavy atom. The highest BCUT2D eigenvalue weighted by Crippen LogP contribution is 2.20. The zero-order valence-corrected chi connectivity index (χ0v) is 22.7. The Morgan fingerprint density at radius 3 is 2.05 bits per heavy atom. The van der Waals surface area contributed by atoms with Crippen LogP contribution >= 0.6 is 0 Å². The van der Waals surface area contributed by atoms with Crippen molar-refractivity contribution in [1.29, 1.82) is 0 Å². The average molecular weight is 575 g/mol. The fourth-order valence-electron chi connectivity index (χ4n) is 4.04. The Balaban J connectivity index is 1.57. The maximum atomic E-state index is 12.7. The van der Waals surface area contributed by atoms with Crippen LogP contribution in [0.1, 0.15) is 35.2 Å². The summed E-state index contributed by atoms with van der Waals surface area (Å²) in [6.07, 6.45) is -2.91. The number of Topliss-reactive ketones (excluding diaryl/α,β-unsaturated/α-hetero) is 1. The van der Waals surface area contributed by atoms with Crippen LogP contribution in [0, 0.1) is 12.8 Å². The molecule has 0 saturated carbocycles. The highest BCUT2D eigenvalue weighted by Gasteiger charge is 2.27. The molecule has 5 amide bonds. The smallest absolute Gasteiger partial charge is 0.418 e. The third-order valence-corrected chi connectivity index (χ3v) is 6.17. The number of carboxylic acids is 1. The van der Waals surface area contributed by atoms with E-state index in [4.69, 9.17) is 0 Å². The highest BCUT2D eigenvalue weighted by molar-refractivity contribution is 6.12. The Hall–Kier alpha value is -5.52. The van der Waals surface area contributed by atoms with Crippen LogP contribution in [0.5, 0.6) is 0 Å². The number of carboxylic acid groups (broad SMARTS) is 2. The lowest BCUT2D eigenvalue weighted by Crippen LogP contribution is -2.39. The third kappa shape index (κ3) is 9.01. The van der Waals surface area contributed by atoms with E-state index in [1.54, 1.807) is 42.5 Å². The molecule has 3 aromatic rings. The number of urea groups is 1. The van der Waals surface area contributed by atoms with Crippen molar-refractivity contribution in [2.75, 3.05) is 22.1 Å². The highest BCUT2D eigenvalue weighted by atomic mass is 16.4. The first kappa shape index (κ1) is 31.0. The first-order chi connectivity index (χ1) is 20.0. The van der Waals surface area contributed by atoms with Crippen molar-refractivity contribution in [2.45, 2.75) is 26.2 Å². The van der Waals surface area contributed by atoms with Crippen LogP contribution in [0.2, 0.25) is 0 Å². The number of carbonyl (C=O) groups is 6. The molecule has 0 aromatic heterocycles. The van der Waals surface area contributed by atoms with Gasteiger partial charge >= 0.3 is 18.1 Å². The Bertz CT molecular complexity index is 1460. The van der Waals surface area contributed by atoms with Crippen molar-refractivity contribution >= 4 is 52.8 Å². The van der Waals surface area contributed by atoms with Crippen LogP contribution in [0.25, 0.3) is 0 Å². The molecule has 0 aliphatic carbocycles. The van der Waals surface area contributed by atoms with Gasteiger partial charge in [0.05, 0.1) is 18.0 Å². The monoisotopic (exact) mass is 574 g/mol. The molecule has 0 aliphatic heterocycles. The van der Waals surface area contributed by atoms with Crippen LogP contribution < -0.4 is 20.9 Å². The summed E-state index contributed by atoms with van der Waals surface area (Å²) >= 11 is 0. The molecular formula is C30H30N4O8. The number of ketones is 1. The van der Waals surface area contributed by atoms with Crippen LogP contribution in [-0.2, 0) is 14.4 Å². The molecule has 0 fully saturated rings. The van der Waals surface area contributed by atoms with E-state index in [1.807, 2.05) is 19.1 Å². The standard InChI is InChI=1S/C30H30N4O8/c1-19-7-5-6-10-24(19)33-29(40)32-22-11-13-23(14-12-22)34(30(41)42)26(36)15-16-31-28(39)21(18-27(37)38)17-25(35)20-8-3-2-4-9-20/h2-14,21H,15-18H2,1H3,(H,31,39)(H,37,38)(H,41,42)(H2,32,33,40). The minimum atomic E-state index is -1.55. The van der Waals surface area contributed by atoms with Gasteiger partial charge in [-0.05, 0) is 42.8 Å². The van der Waals surface area contributed by atoms with E-state index in [1.165, 1.54) is 24.3 Å². The van der Waals surface area contributed by atoms with Crippen LogP contribution in [-0.4, -0.2) is 52.4 Å². The number of nitrogens with one attached hydrogen (secondary N) is 3. The number of anilines is 3. The van der Waals surface area contributed by atoms with Crippen molar-refractivity contribution in [2.24, 2.45) is 5.92 Å². The van der Waals surface area contributed by atoms with Gasteiger partial charge in [-0.3, -0.25) is 19.2 Å². The van der Waals surface area contributed by atoms with Gasteiger partial charge in [0.25, 0.3) is 0 Å². The Labute approximate surface area is 241 Å². The zero-order valence-electron chi connectivity index (χ0n) is 22.7. The van der Waals surface area contributed by atoms with Gasteiger partial charge in [0, 0.05) is 36.3 Å². The first-order valence-electron chi connectivity index (χ1n) is 12.9. The van der Waals surface area contributed by atoms with Gasteiger partial charge in [-0.25, -0.2) is 14.5 Å². The van der Waals surface area contributed by atoms with E-state index in [-0.39, 0.29) is 18.7 Å². The van der Waals surface area contributed by atoms with Crippen LogP contribution in [0.15, 0.2) is 78.9 Å². The molecular weight excluding hydrogens is 544 g/mol. The molecule has 12 nitrogen and oxygen atoms in total. The molecule has 1 atom stereocenters. The second-order valence-corrected chi connectivity index (χ2v) is 9.28. The molecule has 1 unspecified atom stereocenters. The predicted octanol–water partition coefficient (Wildman–Crippen LogP) is 4.52. The number of rotatable bonds is 12. The van der Waals surface area contributed by atoms with Gasteiger partial charge in [0.15, 0.2) is 5.78 Å². The number of amides is 5. The molecule has 218 valence electrons. The van der Waals surface area contributed by atoms with Gasteiger partial charge in [0.1, 0.15) is 0 Å². The fraction of sp³-hybridized carbons (Fsp3) is 0.200. The first-order valence-corrected chi connectivity index (χ1v) is 12.9. The fourth-order valence-corrected chi connectivity index (χ4v) is 4.04. The Morgan fingerprint density at radius 2 is 1.43 bits per heavy atom. The van der Waals surface area contributed by atoms with Gasteiger partial charge in [0.2, 0.25) is 11.8 Å². The molecule has 42 heavy (non-hydrogen) atoms. The van der Waals surface area contributed by atoms with Crippen molar-refractivity contribution < 1.29 is 39.0 Å². The second kappa shape index (κ2) is 14.7. The lowest BCUT2D eigenvalue weighted by Gasteiger charge is -2.19. The molecule has 5 N–H and O–H groups in total.